The zero-order chi connectivity index (χ0) is 22.8. The van der Waals surface area contributed by atoms with Crippen LogP contribution < -0.4 is 4.90 Å². The van der Waals surface area contributed by atoms with Gasteiger partial charge in [-0.3, -0.25) is 4.57 Å². The quantitative estimate of drug-likeness (QED) is 0.553. The highest BCUT2D eigenvalue weighted by Crippen LogP contribution is 2.52. The van der Waals surface area contributed by atoms with E-state index in [-0.39, 0.29) is 23.8 Å². The van der Waals surface area contributed by atoms with Gasteiger partial charge in [0.2, 0.25) is 0 Å². The molecule has 0 radical (unpaired) electrons. The maximum Gasteiger partial charge on any atom is 0.433 e. The van der Waals surface area contributed by atoms with Crippen LogP contribution in [0.2, 0.25) is 0 Å². The van der Waals surface area contributed by atoms with Gasteiger partial charge < -0.3 is 9.47 Å². The van der Waals surface area contributed by atoms with Gasteiger partial charge in [0.05, 0.1) is 17.9 Å². The van der Waals surface area contributed by atoms with Gasteiger partial charge in [0.15, 0.2) is 11.6 Å². The standard InChI is InChI=1S/C19H17F6N7/c1-30-7-15(26-8-30)31-9-27-29-17(31)16-10-2-3-12(4-10)32(16)14-6-11(18(20,21)22)5-13(28-14)19(23,24)25/h5-10,12,16H,2-4H2,1H3/t10-,12+,16-/m0/s1. The van der Waals surface area contributed by atoms with E-state index in [2.05, 4.69) is 20.2 Å². The summed E-state index contributed by atoms with van der Waals surface area (Å²) in [6.07, 6.45) is -3.18. The molecule has 0 aromatic carbocycles. The van der Waals surface area contributed by atoms with Crippen molar-refractivity contribution in [1.29, 1.82) is 0 Å². The lowest BCUT2D eigenvalue weighted by Crippen LogP contribution is -2.37. The molecule has 3 aromatic rings. The minimum Gasteiger partial charge on any atom is -0.343 e. The number of fused-ring (bicyclic) bond motifs is 2. The topological polar surface area (TPSA) is 64.7 Å². The van der Waals surface area contributed by atoms with Crippen LogP contribution in [0.1, 0.15) is 42.4 Å². The predicted molar refractivity (Wildman–Crippen MR) is 98.7 cm³/mol. The largest absolute Gasteiger partial charge is 0.433 e. The Morgan fingerprint density at radius 2 is 1.75 bits per heavy atom. The molecule has 1 aliphatic heterocycles. The molecule has 2 fully saturated rings. The number of hydrogen-bond acceptors (Lipinski definition) is 5. The molecule has 3 aromatic heterocycles. The van der Waals surface area contributed by atoms with Crippen molar-refractivity contribution in [1.82, 2.24) is 29.3 Å². The summed E-state index contributed by atoms with van der Waals surface area (Å²) in [4.78, 5) is 9.41. The Bertz CT molecular complexity index is 1120. The molecule has 0 amide bonds. The van der Waals surface area contributed by atoms with E-state index in [1.165, 1.54) is 6.33 Å². The molecular formula is C19H17F6N7. The summed E-state index contributed by atoms with van der Waals surface area (Å²) < 4.78 is 83.7. The number of nitrogens with zero attached hydrogens (tertiary/aromatic N) is 7. The van der Waals surface area contributed by atoms with Crippen molar-refractivity contribution < 1.29 is 26.3 Å². The van der Waals surface area contributed by atoms with Gasteiger partial charge in [-0.1, -0.05) is 0 Å². The second-order valence-electron chi connectivity index (χ2n) is 8.13. The molecule has 0 unspecified atom stereocenters. The molecular weight excluding hydrogens is 440 g/mol. The van der Waals surface area contributed by atoms with Crippen LogP contribution in [0.15, 0.2) is 31.0 Å². The maximum atomic E-state index is 13.4. The molecule has 3 atom stereocenters. The van der Waals surface area contributed by atoms with Gasteiger partial charge in [-0.15, -0.1) is 10.2 Å². The van der Waals surface area contributed by atoms with Crippen LogP contribution in [-0.2, 0) is 19.4 Å². The van der Waals surface area contributed by atoms with Crippen LogP contribution in [0.4, 0.5) is 32.2 Å². The molecule has 1 saturated carbocycles. The minimum atomic E-state index is -5.02. The predicted octanol–water partition coefficient (Wildman–Crippen LogP) is 4.16. The fraction of sp³-hybridized carbons (Fsp3) is 0.474. The van der Waals surface area contributed by atoms with Gasteiger partial charge in [-0.2, -0.15) is 26.3 Å². The number of aryl methyl sites for hydroxylation is 1. The Morgan fingerprint density at radius 3 is 2.41 bits per heavy atom. The first kappa shape index (κ1) is 20.8. The maximum absolute atomic E-state index is 13.4. The smallest absolute Gasteiger partial charge is 0.343 e. The third-order valence-electron chi connectivity index (χ3n) is 6.06. The first-order chi connectivity index (χ1) is 15.0. The third kappa shape index (κ3) is 3.39. The van der Waals surface area contributed by atoms with Crippen LogP contribution in [0.3, 0.4) is 0 Å². The van der Waals surface area contributed by atoms with Crippen LogP contribution >= 0.6 is 0 Å². The third-order valence-corrected chi connectivity index (χ3v) is 6.06. The van der Waals surface area contributed by atoms with Crippen molar-refractivity contribution in [3.05, 3.63) is 48.1 Å². The first-order valence-electron chi connectivity index (χ1n) is 9.85. The summed E-state index contributed by atoms with van der Waals surface area (Å²) >= 11 is 0. The Balaban J connectivity index is 1.63. The number of piperidine rings is 1. The monoisotopic (exact) mass is 457 g/mol. The SMILES string of the molecule is Cn1cnc(-n2cnnc2[C@@H]2[C@H]3CC[C@H](C3)N2c2cc(C(F)(F)F)cc(C(F)(F)F)n2)c1. The lowest BCUT2D eigenvalue weighted by atomic mass is 9.97. The Kier molecular flexibility index (Phi) is 4.50. The van der Waals surface area contributed by atoms with Gasteiger partial charge in [-0.25, -0.2) is 9.97 Å². The van der Waals surface area contributed by atoms with Crippen molar-refractivity contribution in [3.63, 3.8) is 0 Å². The number of aromatic nitrogens is 6. The van der Waals surface area contributed by atoms with Crippen molar-refractivity contribution in [2.24, 2.45) is 13.0 Å². The second-order valence-corrected chi connectivity index (χ2v) is 8.13. The molecule has 2 aliphatic rings. The fourth-order valence-electron chi connectivity index (χ4n) is 4.75. The average molecular weight is 457 g/mol. The number of hydrogen-bond donors (Lipinski definition) is 0. The summed E-state index contributed by atoms with van der Waals surface area (Å²) in [5.41, 5.74) is -2.96. The Hall–Kier alpha value is -3.12. The van der Waals surface area contributed by atoms with E-state index in [4.69, 9.17) is 0 Å². The molecule has 1 saturated heterocycles. The number of anilines is 1. The molecule has 5 rings (SSSR count). The highest BCUT2D eigenvalue weighted by molar-refractivity contribution is 5.50. The number of imidazole rings is 1. The molecule has 0 spiro atoms. The molecule has 32 heavy (non-hydrogen) atoms. The van der Waals surface area contributed by atoms with Gasteiger partial charge in [0.1, 0.15) is 17.8 Å². The summed E-state index contributed by atoms with van der Waals surface area (Å²) in [7, 11) is 1.77. The van der Waals surface area contributed by atoms with E-state index < -0.39 is 29.7 Å². The fourth-order valence-corrected chi connectivity index (χ4v) is 4.75. The summed E-state index contributed by atoms with van der Waals surface area (Å²) in [6.45, 7) is 0. The zero-order valence-electron chi connectivity index (χ0n) is 16.6. The molecule has 1 aliphatic carbocycles. The Labute approximate surface area is 177 Å². The molecule has 170 valence electrons. The zero-order valence-corrected chi connectivity index (χ0v) is 16.6. The van der Waals surface area contributed by atoms with Gasteiger partial charge in [-0.05, 0) is 37.3 Å². The highest BCUT2D eigenvalue weighted by Gasteiger charge is 2.50. The first-order valence-corrected chi connectivity index (χ1v) is 9.85. The Morgan fingerprint density at radius 1 is 0.969 bits per heavy atom. The lowest BCUT2D eigenvalue weighted by molar-refractivity contribution is -0.145. The normalized spacial score (nSPS) is 23.3. The molecule has 7 nitrogen and oxygen atoms in total. The van der Waals surface area contributed by atoms with Crippen LogP contribution in [-0.4, -0.2) is 35.3 Å². The second kappa shape index (κ2) is 6.94. The van der Waals surface area contributed by atoms with Gasteiger partial charge >= 0.3 is 12.4 Å². The van der Waals surface area contributed by atoms with E-state index in [1.807, 2.05) is 0 Å². The number of pyridine rings is 1. The van der Waals surface area contributed by atoms with E-state index in [0.717, 1.165) is 6.42 Å². The van der Waals surface area contributed by atoms with Crippen molar-refractivity contribution in [2.75, 3.05) is 4.90 Å². The molecule has 13 heteroatoms. The number of halogens is 6. The van der Waals surface area contributed by atoms with E-state index in [9.17, 15) is 26.3 Å². The molecule has 0 N–H and O–H groups in total. The summed E-state index contributed by atoms with van der Waals surface area (Å²) in [5, 5.41) is 8.10. The van der Waals surface area contributed by atoms with Crippen molar-refractivity contribution in [3.8, 4) is 5.82 Å². The van der Waals surface area contributed by atoms with Crippen LogP contribution in [0.25, 0.3) is 5.82 Å². The molecule has 2 bridgehead atoms. The average Bonchev–Trinajstić information content (AvgIpc) is 3.49. The molecule has 4 heterocycles. The van der Waals surface area contributed by atoms with E-state index >= 15 is 0 Å². The van der Waals surface area contributed by atoms with Gasteiger partial charge in [0.25, 0.3) is 0 Å². The van der Waals surface area contributed by atoms with Gasteiger partial charge in [0, 0.05) is 19.3 Å². The van der Waals surface area contributed by atoms with Crippen molar-refractivity contribution >= 4 is 5.82 Å². The number of alkyl halides is 6. The van der Waals surface area contributed by atoms with E-state index in [1.54, 1.807) is 33.6 Å². The van der Waals surface area contributed by atoms with Crippen molar-refractivity contribution in [2.45, 2.75) is 43.7 Å². The summed E-state index contributed by atoms with van der Waals surface area (Å²) in [5.74, 6) is 0.545. The summed E-state index contributed by atoms with van der Waals surface area (Å²) in [6, 6.07) is -0.0838. The van der Waals surface area contributed by atoms with Crippen LogP contribution in [0.5, 0.6) is 0 Å². The number of rotatable bonds is 3. The lowest BCUT2D eigenvalue weighted by Gasteiger charge is -2.36. The minimum absolute atomic E-state index is 0.00246. The highest BCUT2D eigenvalue weighted by atomic mass is 19.4. The van der Waals surface area contributed by atoms with Crippen LogP contribution in [0, 0.1) is 5.92 Å². The van der Waals surface area contributed by atoms with E-state index in [0.29, 0.717) is 30.6 Å².